The molecule has 1 saturated carbocycles. The number of alkyl halides is 3. The van der Waals surface area contributed by atoms with Crippen molar-refractivity contribution in [2.45, 2.75) is 60.6 Å². The Morgan fingerprint density at radius 3 is 2.06 bits per heavy atom. The topological polar surface area (TPSA) is 130 Å². The molecule has 2 aromatic carbocycles. The largest absolute Gasteiger partial charge is 0.534 e. The number of anilines is 1. The Balaban J connectivity index is 1.74. The standard InChI is InChI=1S/C23H22F3NO7S2/c1-11-6-8-12(9-7-11)35(30,31)27-19-13-4-2-3-5-14(13)22(34-36(32,33)23(24,25)26)18-16-10-15(17(18)19)20(28)21(16)29/h2-3,6-9,15-16,20-21,27-29H,4-5,10H2,1H3/t15-,16+,20+,21-/m1/s1. The van der Waals surface area contributed by atoms with Crippen LogP contribution in [0.15, 0.2) is 41.3 Å². The second kappa shape index (κ2) is 8.20. The van der Waals surface area contributed by atoms with Crippen LogP contribution in [0.5, 0.6) is 5.75 Å². The summed E-state index contributed by atoms with van der Waals surface area (Å²) in [5.74, 6) is -2.32. The first kappa shape index (κ1) is 25.1. The molecule has 0 heterocycles. The molecule has 0 radical (unpaired) electrons. The van der Waals surface area contributed by atoms with Crippen molar-refractivity contribution in [1.29, 1.82) is 0 Å². The molecular weight excluding hydrogens is 523 g/mol. The van der Waals surface area contributed by atoms with Crippen molar-refractivity contribution in [3.63, 3.8) is 0 Å². The van der Waals surface area contributed by atoms with Gasteiger partial charge in [-0.15, -0.1) is 0 Å². The van der Waals surface area contributed by atoms with E-state index in [1.807, 2.05) is 0 Å². The highest BCUT2D eigenvalue weighted by Crippen LogP contribution is 2.61. The second-order valence-electron chi connectivity index (χ2n) is 9.20. The predicted molar refractivity (Wildman–Crippen MR) is 123 cm³/mol. The molecule has 36 heavy (non-hydrogen) atoms. The number of hydrogen-bond acceptors (Lipinski definition) is 7. The average Bonchev–Trinajstić information content (AvgIpc) is 3.32. The van der Waals surface area contributed by atoms with Gasteiger partial charge in [-0.3, -0.25) is 4.72 Å². The molecule has 0 amide bonds. The number of allylic oxidation sites excluding steroid dienone is 2. The zero-order chi connectivity index (χ0) is 26.2. The number of aliphatic hydroxyl groups excluding tert-OH is 2. The summed E-state index contributed by atoms with van der Waals surface area (Å²) in [6.07, 6.45) is 0.771. The van der Waals surface area contributed by atoms with Crippen molar-refractivity contribution in [2.75, 3.05) is 4.72 Å². The lowest BCUT2D eigenvalue weighted by molar-refractivity contribution is -0.0501. The van der Waals surface area contributed by atoms with Gasteiger partial charge in [0.2, 0.25) is 0 Å². The Kier molecular flexibility index (Phi) is 5.71. The van der Waals surface area contributed by atoms with Crippen molar-refractivity contribution in [2.24, 2.45) is 0 Å². The molecule has 8 nitrogen and oxygen atoms in total. The van der Waals surface area contributed by atoms with Crippen molar-refractivity contribution >= 4 is 25.8 Å². The average molecular weight is 546 g/mol. The van der Waals surface area contributed by atoms with Gasteiger partial charge in [0.05, 0.1) is 22.8 Å². The maximum Gasteiger partial charge on any atom is 0.534 e. The molecule has 13 heteroatoms. The molecule has 2 aromatic rings. The minimum absolute atomic E-state index is 0.0133. The fraction of sp³-hybridized carbons (Fsp3) is 0.391. The van der Waals surface area contributed by atoms with E-state index in [-0.39, 0.29) is 52.1 Å². The third-order valence-corrected chi connectivity index (χ3v) is 9.34. The smallest absolute Gasteiger partial charge is 0.390 e. The molecule has 194 valence electrons. The minimum atomic E-state index is -6.06. The van der Waals surface area contributed by atoms with Gasteiger partial charge in [-0.1, -0.05) is 29.8 Å². The summed E-state index contributed by atoms with van der Waals surface area (Å²) in [5, 5.41) is 21.1. The molecule has 3 aliphatic rings. The van der Waals surface area contributed by atoms with Crippen LogP contribution in [0, 0.1) is 6.92 Å². The summed E-state index contributed by atoms with van der Waals surface area (Å²) in [6.45, 7) is 1.79. The normalized spacial score (nSPS) is 24.9. The fourth-order valence-electron chi connectivity index (χ4n) is 5.35. The van der Waals surface area contributed by atoms with E-state index in [1.54, 1.807) is 31.2 Å². The second-order valence-corrected chi connectivity index (χ2v) is 12.4. The van der Waals surface area contributed by atoms with Crippen LogP contribution in [0.1, 0.15) is 46.1 Å². The van der Waals surface area contributed by atoms with E-state index >= 15 is 0 Å². The molecule has 3 aliphatic carbocycles. The van der Waals surface area contributed by atoms with E-state index in [0.717, 1.165) is 5.56 Å². The first-order chi connectivity index (χ1) is 16.7. The van der Waals surface area contributed by atoms with Gasteiger partial charge in [0, 0.05) is 23.0 Å². The van der Waals surface area contributed by atoms with Crippen molar-refractivity contribution in [1.82, 2.24) is 0 Å². The number of aliphatic hydroxyl groups is 2. The van der Waals surface area contributed by atoms with Gasteiger partial charge in [-0.2, -0.15) is 21.6 Å². The number of sulfonamides is 1. The number of rotatable bonds is 5. The van der Waals surface area contributed by atoms with Crippen molar-refractivity contribution in [3.05, 3.63) is 64.2 Å². The minimum Gasteiger partial charge on any atom is -0.390 e. The SMILES string of the molecule is Cc1ccc(S(=O)(=O)Nc2c3c(c(OS(=O)(=O)C(F)(F)F)c4c2[C@H]2C[C@@H]4[C@@H](O)[C@H]2O)CC=CC3)cc1. The Bertz CT molecular complexity index is 1480. The number of aryl methyl sites for hydroxylation is 1. The highest BCUT2D eigenvalue weighted by molar-refractivity contribution is 7.92. The third-order valence-electron chi connectivity index (χ3n) is 7.02. The Labute approximate surface area is 205 Å². The summed E-state index contributed by atoms with van der Waals surface area (Å²) >= 11 is 0. The van der Waals surface area contributed by atoms with Crippen LogP contribution >= 0.6 is 0 Å². The number of fused-ring (bicyclic) bond motifs is 6. The zero-order valence-corrected chi connectivity index (χ0v) is 20.4. The molecule has 4 atom stereocenters. The third kappa shape index (κ3) is 3.80. The van der Waals surface area contributed by atoms with E-state index in [9.17, 15) is 40.2 Å². The van der Waals surface area contributed by atoms with Crippen LogP contribution in [0.3, 0.4) is 0 Å². The van der Waals surface area contributed by atoms with Gasteiger partial charge in [-0.05, 0) is 49.4 Å². The van der Waals surface area contributed by atoms with Crippen LogP contribution in [-0.2, 0) is 33.0 Å². The first-order valence-electron chi connectivity index (χ1n) is 11.1. The van der Waals surface area contributed by atoms with E-state index in [2.05, 4.69) is 8.91 Å². The predicted octanol–water partition coefficient (Wildman–Crippen LogP) is 2.99. The lowest BCUT2D eigenvalue weighted by atomic mass is 9.80. The lowest BCUT2D eigenvalue weighted by Gasteiger charge is -2.33. The number of halogens is 3. The van der Waals surface area contributed by atoms with E-state index in [4.69, 9.17) is 0 Å². The van der Waals surface area contributed by atoms with E-state index in [0.29, 0.717) is 0 Å². The molecule has 0 aliphatic heterocycles. The van der Waals surface area contributed by atoms with Crippen molar-refractivity contribution < 1.29 is 44.4 Å². The molecule has 0 aromatic heterocycles. The molecule has 0 unspecified atom stereocenters. The van der Waals surface area contributed by atoms with Crippen LogP contribution in [0.4, 0.5) is 18.9 Å². The number of hydrogen-bond donors (Lipinski definition) is 3. The summed E-state index contributed by atoms with van der Waals surface area (Å²) in [7, 11) is -10.2. The maximum absolute atomic E-state index is 13.3. The van der Waals surface area contributed by atoms with Gasteiger partial charge in [0.15, 0.2) is 5.75 Å². The molecule has 0 spiro atoms. The van der Waals surface area contributed by atoms with Crippen LogP contribution in [0.25, 0.3) is 0 Å². The molecular formula is C23H22F3NO7S2. The van der Waals surface area contributed by atoms with Crippen molar-refractivity contribution in [3.8, 4) is 5.75 Å². The van der Waals surface area contributed by atoms with Gasteiger partial charge >= 0.3 is 15.6 Å². The quantitative estimate of drug-likeness (QED) is 0.299. The first-order valence-corrected chi connectivity index (χ1v) is 13.9. The van der Waals surface area contributed by atoms with Gasteiger partial charge in [0.25, 0.3) is 10.0 Å². The number of nitrogens with one attached hydrogen (secondary N) is 1. The highest BCUT2D eigenvalue weighted by atomic mass is 32.2. The van der Waals surface area contributed by atoms with Gasteiger partial charge < -0.3 is 14.4 Å². The summed E-state index contributed by atoms with van der Waals surface area (Å²) in [4.78, 5) is -0.0503. The molecule has 3 N–H and O–H groups in total. The molecule has 5 rings (SSSR count). The van der Waals surface area contributed by atoms with Crippen LogP contribution < -0.4 is 8.91 Å². The molecule has 0 saturated heterocycles. The van der Waals surface area contributed by atoms with E-state index < -0.39 is 55.4 Å². The zero-order valence-electron chi connectivity index (χ0n) is 18.8. The summed E-state index contributed by atoms with van der Waals surface area (Å²) in [6, 6.07) is 6.03. The van der Waals surface area contributed by atoms with Crippen LogP contribution in [-0.4, -0.2) is 44.8 Å². The Morgan fingerprint density at radius 1 is 0.917 bits per heavy atom. The summed E-state index contributed by atoms with van der Waals surface area (Å²) in [5.41, 5.74) is -4.33. The molecule has 1 fully saturated rings. The lowest BCUT2D eigenvalue weighted by Crippen LogP contribution is -2.34. The van der Waals surface area contributed by atoms with Gasteiger partial charge in [0.1, 0.15) is 0 Å². The molecule has 2 bridgehead atoms. The fourth-order valence-corrected chi connectivity index (χ4v) is 6.97. The van der Waals surface area contributed by atoms with Gasteiger partial charge in [-0.25, -0.2) is 8.42 Å². The monoisotopic (exact) mass is 545 g/mol. The maximum atomic E-state index is 13.3. The Morgan fingerprint density at radius 2 is 1.47 bits per heavy atom. The Hall–Kier alpha value is -2.61. The van der Waals surface area contributed by atoms with E-state index in [1.165, 1.54) is 12.1 Å². The highest BCUT2D eigenvalue weighted by Gasteiger charge is 2.55. The number of benzene rings is 2. The summed E-state index contributed by atoms with van der Waals surface area (Å²) < 4.78 is 97.5. The van der Waals surface area contributed by atoms with Crippen LogP contribution in [0.2, 0.25) is 0 Å².